The molecule has 1 aliphatic rings. The number of sulfone groups is 1. The van der Waals surface area contributed by atoms with Crippen LogP contribution in [0.2, 0.25) is 0 Å². The average Bonchev–Trinajstić information content (AvgIpc) is 3.63. The molecule has 1 N–H and O–H groups in total. The Bertz CT molecular complexity index is 1250. The standard InChI is InChI=1S/C23H28N4O6S/c1-14(22(28)15-11-12-15)34(29,30)13-19-25-26-23(16-7-5-10-20(24-16)33-4)27(19)21-17(31-2)8-6-9-18(21)32-3/h5-10,14-15,22,28H,11-13H2,1-4H3/t14-,22-/m0/s1. The highest BCUT2D eigenvalue weighted by molar-refractivity contribution is 7.91. The molecule has 2 aromatic heterocycles. The zero-order valence-electron chi connectivity index (χ0n) is 19.5. The number of aliphatic hydroxyl groups is 1. The van der Waals surface area contributed by atoms with E-state index in [-0.39, 0.29) is 11.7 Å². The first-order valence-electron chi connectivity index (χ1n) is 10.9. The largest absolute Gasteiger partial charge is 0.494 e. The lowest BCUT2D eigenvalue weighted by Crippen LogP contribution is -2.34. The molecule has 2 heterocycles. The Kier molecular flexibility index (Phi) is 6.76. The summed E-state index contributed by atoms with van der Waals surface area (Å²) in [6, 6.07) is 10.4. The van der Waals surface area contributed by atoms with Crippen LogP contribution in [-0.2, 0) is 15.6 Å². The first kappa shape index (κ1) is 24.0. The van der Waals surface area contributed by atoms with Crippen molar-refractivity contribution in [2.45, 2.75) is 36.9 Å². The van der Waals surface area contributed by atoms with Crippen LogP contribution in [0.3, 0.4) is 0 Å². The second kappa shape index (κ2) is 9.59. The van der Waals surface area contributed by atoms with E-state index in [0.29, 0.717) is 34.6 Å². The normalized spacial score (nSPS) is 15.6. The second-order valence-corrected chi connectivity index (χ2v) is 10.5. The molecule has 1 fully saturated rings. The molecule has 10 nitrogen and oxygen atoms in total. The van der Waals surface area contributed by atoms with Gasteiger partial charge in [0.25, 0.3) is 0 Å². The third-order valence-corrected chi connectivity index (χ3v) is 8.07. The summed E-state index contributed by atoms with van der Waals surface area (Å²) in [5.41, 5.74) is 0.868. The number of benzene rings is 1. The third kappa shape index (κ3) is 4.58. The zero-order chi connectivity index (χ0) is 24.5. The summed E-state index contributed by atoms with van der Waals surface area (Å²) in [5, 5.41) is 18.0. The van der Waals surface area contributed by atoms with E-state index < -0.39 is 26.9 Å². The van der Waals surface area contributed by atoms with Gasteiger partial charge in [-0.2, -0.15) is 0 Å². The predicted molar refractivity (Wildman–Crippen MR) is 125 cm³/mol. The van der Waals surface area contributed by atoms with Crippen molar-refractivity contribution in [3.63, 3.8) is 0 Å². The van der Waals surface area contributed by atoms with Gasteiger partial charge in [0.15, 0.2) is 21.5 Å². The lowest BCUT2D eigenvalue weighted by Gasteiger charge is -2.20. The van der Waals surface area contributed by atoms with Gasteiger partial charge in [0.1, 0.15) is 28.6 Å². The van der Waals surface area contributed by atoms with Crippen LogP contribution < -0.4 is 14.2 Å². The van der Waals surface area contributed by atoms with Gasteiger partial charge in [-0.3, -0.25) is 4.57 Å². The first-order valence-corrected chi connectivity index (χ1v) is 12.6. The molecule has 0 bridgehead atoms. The minimum atomic E-state index is -3.77. The van der Waals surface area contributed by atoms with Gasteiger partial charge in [-0.1, -0.05) is 12.1 Å². The Morgan fingerprint density at radius 2 is 1.68 bits per heavy atom. The van der Waals surface area contributed by atoms with E-state index in [1.807, 2.05) is 0 Å². The number of hydrogen-bond donors (Lipinski definition) is 1. The molecule has 0 aliphatic heterocycles. The summed E-state index contributed by atoms with van der Waals surface area (Å²) in [6.07, 6.45) is 0.754. The van der Waals surface area contributed by atoms with Crippen molar-refractivity contribution in [3.05, 3.63) is 42.2 Å². The van der Waals surface area contributed by atoms with Crippen LogP contribution in [0.25, 0.3) is 17.2 Å². The van der Waals surface area contributed by atoms with E-state index in [1.54, 1.807) is 41.0 Å². The SMILES string of the molecule is COc1cccc(-c2nnc(CS(=O)(=O)[C@@H](C)[C@H](O)C3CC3)n2-c2c(OC)cccc2OC)n1. The average molecular weight is 489 g/mol. The maximum absolute atomic E-state index is 13.3. The number of methoxy groups -OCH3 is 3. The highest BCUT2D eigenvalue weighted by Gasteiger charge is 2.40. The molecule has 0 radical (unpaired) electrons. The van der Waals surface area contributed by atoms with Crippen molar-refractivity contribution in [3.8, 4) is 34.6 Å². The molecule has 0 saturated heterocycles. The molecule has 1 aromatic carbocycles. The van der Waals surface area contributed by atoms with Gasteiger partial charge in [-0.25, -0.2) is 13.4 Å². The molecular weight excluding hydrogens is 460 g/mol. The second-order valence-electron chi connectivity index (χ2n) is 8.19. The summed E-state index contributed by atoms with van der Waals surface area (Å²) in [4.78, 5) is 4.45. The minimum absolute atomic E-state index is 0.0218. The number of ether oxygens (including phenoxy) is 3. The summed E-state index contributed by atoms with van der Waals surface area (Å²) >= 11 is 0. The summed E-state index contributed by atoms with van der Waals surface area (Å²) < 4.78 is 44.5. The quantitative estimate of drug-likeness (QED) is 0.458. The van der Waals surface area contributed by atoms with Crippen molar-refractivity contribution in [1.29, 1.82) is 0 Å². The summed E-state index contributed by atoms with van der Waals surface area (Å²) in [7, 11) is 0.757. The zero-order valence-corrected chi connectivity index (χ0v) is 20.3. The van der Waals surface area contributed by atoms with Crippen molar-refractivity contribution < 1.29 is 27.7 Å². The van der Waals surface area contributed by atoms with E-state index in [4.69, 9.17) is 14.2 Å². The molecule has 182 valence electrons. The predicted octanol–water partition coefficient (Wildman–Crippen LogP) is 2.43. The van der Waals surface area contributed by atoms with E-state index in [0.717, 1.165) is 12.8 Å². The van der Waals surface area contributed by atoms with E-state index in [2.05, 4.69) is 15.2 Å². The number of para-hydroxylation sites is 1. The number of nitrogens with zero attached hydrogens (tertiary/aromatic N) is 4. The summed E-state index contributed by atoms with van der Waals surface area (Å²) in [6.45, 7) is 1.53. The Morgan fingerprint density at radius 1 is 1.03 bits per heavy atom. The highest BCUT2D eigenvalue weighted by atomic mass is 32.2. The number of pyridine rings is 1. The van der Waals surface area contributed by atoms with Crippen LogP contribution in [0.1, 0.15) is 25.6 Å². The number of aliphatic hydroxyl groups excluding tert-OH is 1. The van der Waals surface area contributed by atoms with Gasteiger partial charge < -0.3 is 19.3 Å². The fourth-order valence-electron chi connectivity index (χ4n) is 3.86. The van der Waals surface area contributed by atoms with Crippen LogP contribution >= 0.6 is 0 Å². The molecule has 3 aromatic rings. The van der Waals surface area contributed by atoms with Crippen molar-refractivity contribution in [1.82, 2.24) is 19.7 Å². The molecule has 1 aliphatic carbocycles. The molecule has 0 unspecified atom stereocenters. The molecule has 34 heavy (non-hydrogen) atoms. The third-order valence-electron chi connectivity index (χ3n) is 6.00. The van der Waals surface area contributed by atoms with Crippen LogP contribution in [0.4, 0.5) is 0 Å². The van der Waals surface area contributed by atoms with Gasteiger partial charge in [0.2, 0.25) is 5.88 Å². The van der Waals surface area contributed by atoms with Crippen LogP contribution in [0, 0.1) is 5.92 Å². The van der Waals surface area contributed by atoms with Gasteiger partial charge in [0, 0.05) is 6.07 Å². The maximum Gasteiger partial charge on any atom is 0.213 e. The molecular formula is C23H28N4O6S. The van der Waals surface area contributed by atoms with Crippen LogP contribution in [0.15, 0.2) is 36.4 Å². The van der Waals surface area contributed by atoms with Gasteiger partial charge in [0.05, 0.1) is 32.7 Å². The van der Waals surface area contributed by atoms with E-state index in [9.17, 15) is 13.5 Å². The van der Waals surface area contributed by atoms with Gasteiger partial charge in [-0.05, 0) is 43.9 Å². The van der Waals surface area contributed by atoms with Crippen molar-refractivity contribution in [2.24, 2.45) is 5.92 Å². The monoisotopic (exact) mass is 488 g/mol. The van der Waals surface area contributed by atoms with Crippen LogP contribution in [-0.4, -0.2) is 66.0 Å². The first-order chi connectivity index (χ1) is 16.3. The number of hydrogen-bond acceptors (Lipinski definition) is 9. The Hall–Kier alpha value is -3.18. The van der Waals surface area contributed by atoms with E-state index in [1.165, 1.54) is 28.3 Å². The minimum Gasteiger partial charge on any atom is -0.494 e. The molecule has 0 amide bonds. The fourth-order valence-corrected chi connectivity index (χ4v) is 5.32. The molecule has 4 rings (SSSR count). The molecule has 1 saturated carbocycles. The lowest BCUT2D eigenvalue weighted by atomic mass is 10.2. The smallest absolute Gasteiger partial charge is 0.213 e. The Balaban J connectivity index is 1.88. The highest BCUT2D eigenvalue weighted by Crippen LogP contribution is 2.38. The number of aromatic nitrogens is 4. The van der Waals surface area contributed by atoms with Crippen molar-refractivity contribution in [2.75, 3.05) is 21.3 Å². The molecule has 2 atom stereocenters. The summed E-state index contributed by atoms with van der Waals surface area (Å²) in [5.74, 6) is 1.28. The lowest BCUT2D eigenvalue weighted by molar-refractivity contribution is 0.149. The number of rotatable bonds is 10. The molecule has 0 spiro atoms. The molecule has 11 heteroatoms. The maximum atomic E-state index is 13.3. The fraction of sp³-hybridized carbons (Fsp3) is 0.435. The topological polar surface area (TPSA) is 126 Å². The van der Waals surface area contributed by atoms with Gasteiger partial charge in [-0.15, -0.1) is 10.2 Å². The van der Waals surface area contributed by atoms with Crippen LogP contribution in [0.5, 0.6) is 17.4 Å². The Morgan fingerprint density at radius 3 is 2.26 bits per heavy atom. The Labute approximate surface area is 198 Å². The van der Waals surface area contributed by atoms with Crippen molar-refractivity contribution >= 4 is 9.84 Å². The van der Waals surface area contributed by atoms with Gasteiger partial charge >= 0.3 is 0 Å². The van der Waals surface area contributed by atoms with E-state index >= 15 is 0 Å².